The highest BCUT2D eigenvalue weighted by molar-refractivity contribution is 5.89. The van der Waals surface area contributed by atoms with E-state index in [4.69, 9.17) is 9.47 Å². The lowest BCUT2D eigenvalue weighted by atomic mass is 10.1. The Kier molecular flexibility index (Phi) is 6.70. The molecular weight excluding hydrogens is 394 g/mol. The Morgan fingerprint density at radius 2 is 1.90 bits per heavy atom. The number of hydrogen-bond donors (Lipinski definition) is 1. The van der Waals surface area contributed by atoms with Crippen LogP contribution < -0.4 is 14.8 Å². The summed E-state index contributed by atoms with van der Waals surface area (Å²) in [6.45, 7) is 1.34. The number of aromatic nitrogens is 1. The van der Waals surface area contributed by atoms with Crippen LogP contribution in [0.2, 0.25) is 0 Å². The second-order valence-electron chi connectivity index (χ2n) is 8.23. The molecule has 1 aliphatic heterocycles. The van der Waals surface area contributed by atoms with Gasteiger partial charge in [0.25, 0.3) is 0 Å². The monoisotopic (exact) mass is 423 g/mol. The molecule has 31 heavy (non-hydrogen) atoms. The number of carbonyl (C=O) groups is 2. The number of nitrogens with one attached hydrogen (secondary N) is 1. The van der Waals surface area contributed by atoms with E-state index in [0.29, 0.717) is 43.7 Å². The molecule has 2 aromatic rings. The highest BCUT2D eigenvalue weighted by Gasteiger charge is 2.38. The number of ether oxygens (including phenoxy) is 2. The highest BCUT2D eigenvalue weighted by atomic mass is 16.5. The van der Waals surface area contributed by atoms with Crippen LogP contribution in [-0.4, -0.2) is 41.4 Å². The molecule has 0 bridgehead atoms. The van der Waals surface area contributed by atoms with E-state index in [1.54, 1.807) is 19.5 Å². The maximum Gasteiger partial charge on any atom is 0.225 e. The third kappa shape index (κ3) is 5.16. The molecular formula is C24H29N3O4. The van der Waals surface area contributed by atoms with E-state index in [1.807, 2.05) is 35.2 Å². The van der Waals surface area contributed by atoms with Crippen molar-refractivity contribution in [2.45, 2.75) is 51.3 Å². The summed E-state index contributed by atoms with van der Waals surface area (Å²) in [5, 5.41) is 2.98. The Morgan fingerprint density at radius 1 is 1.13 bits per heavy atom. The van der Waals surface area contributed by atoms with Gasteiger partial charge in [0.05, 0.1) is 13.0 Å². The molecule has 1 N–H and O–H groups in total. The van der Waals surface area contributed by atoms with Crippen molar-refractivity contribution >= 4 is 11.8 Å². The van der Waals surface area contributed by atoms with E-state index in [9.17, 15) is 9.59 Å². The quantitative estimate of drug-likeness (QED) is 0.706. The van der Waals surface area contributed by atoms with Gasteiger partial charge in [0.1, 0.15) is 6.61 Å². The topological polar surface area (TPSA) is 80.8 Å². The first-order valence-electron chi connectivity index (χ1n) is 10.9. The molecule has 1 aromatic heterocycles. The standard InChI is InChI=1S/C24H29N3O4/c1-30-22-12-18(6-7-21(22)31-16-17-8-10-25-11-9-17)14-26-24(29)19-13-23(28)27(15-19)20-4-2-3-5-20/h6-12,19-20H,2-5,13-16H2,1H3,(H,26,29). The fraction of sp³-hybridized carbons (Fsp3) is 0.458. The fourth-order valence-corrected chi connectivity index (χ4v) is 4.39. The van der Waals surface area contributed by atoms with Crippen LogP contribution in [-0.2, 0) is 22.7 Å². The van der Waals surface area contributed by atoms with Crippen molar-refractivity contribution in [2.24, 2.45) is 5.92 Å². The van der Waals surface area contributed by atoms with Gasteiger partial charge in [-0.15, -0.1) is 0 Å². The van der Waals surface area contributed by atoms with Crippen LogP contribution >= 0.6 is 0 Å². The summed E-state index contributed by atoms with van der Waals surface area (Å²) >= 11 is 0. The molecule has 1 aromatic carbocycles. The molecule has 2 heterocycles. The van der Waals surface area contributed by atoms with Crippen molar-refractivity contribution in [3.8, 4) is 11.5 Å². The third-order valence-corrected chi connectivity index (χ3v) is 6.13. The van der Waals surface area contributed by atoms with Crippen LogP contribution in [0.3, 0.4) is 0 Å². The molecule has 0 radical (unpaired) electrons. The van der Waals surface area contributed by atoms with E-state index >= 15 is 0 Å². The Morgan fingerprint density at radius 3 is 2.65 bits per heavy atom. The SMILES string of the molecule is COc1cc(CNC(=O)C2CC(=O)N(C3CCCC3)C2)ccc1OCc1ccncc1. The third-order valence-electron chi connectivity index (χ3n) is 6.13. The fourth-order valence-electron chi connectivity index (χ4n) is 4.39. The van der Waals surface area contributed by atoms with Gasteiger partial charge in [-0.1, -0.05) is 18.9 Å². The zero-order valence-electron chi connectivity index (χ0n) is 17.9. The normalized spacial score (nSPS) is 18.9. The number of rotatable bonds is 8. The lowest BCUT2D eigenvalue weighted by Gasteiger charge is -2.23. The van der Waals surface area contributed by atoms with Crippen LogP contribution in [0.1, 0.15) is 43.2 Å². The summed E-state index contributed by atoms with van der Waals surface area (Å²) in [6, 6.07) is 9.76. The van der Waals surface area contributed by atoms with Crippen molar-refractivity contribution < 1.29 is 19.1 Å². The number of benzene rings is 1. The van der Waals surface area contributed by atoms with Gasteiger partial charge in [-0.3, -0.25) is 14.6 Å². The zero-order valence-corrected chi connectivity index (χ0v) is 17.9. The molecule has 4 rings (SSSR count). The van der Waals surface area contributed by atoms with E-state index in [1.165, 1.54) is 12.8 Å². The average molecular weight is 424 g/mol. The molecule has 2 amide bonds. The number of amides is 2. The van der Waals surface area contributed by atoms with Gasteiger partial charge in [0.2, 0.25) is 11.8 Å². The summed E-state index contributed by atoms with van der Waals surface area (Å²) < 4.78 is 11.3. The minimum Gasteiger partial charge on any atom is -0.493 e. The second kappa shape index (κ2) is 9.81. The Bertz CT molecular complexity index is 912. The summed E-state index contributed by atoms with van der Waals surface area (Å²) in [5.74, 6) is 1.04. The lowest BCUT2D eigenvalue weighted by Crippen LogP contribution is -2.36. The predicted octanol–water partition coefficient (Wildman–Crippen LogP) is 3.08. The number of pyridine rings is 1. The van der Waals surface area contributed by atoms with Crippen molar-refractivity contribution in [2.75, 3.05) is 13.7 Å². The molecule has 7 nitrogen and oxygen atoms in total. The molecule has 164 valence electrons. The molecule has 1 unspecified atom stereocenters. The first-order chi connectivity index (χ1) is 15.1. The smallest absolute Gasteiger partial charge is 0.225 e. The van der Waals surface area contributed by atoms with Crippen LogP contribution in [0.4, 0.5) is 0 Å². The summed E-state index contributed by atoms with van der Waals surface area (Å²) in [6.07, 6.45) is 8.25. The molecule has 2 fully saturated rings. The summed E-state index contributed by atoms with van der Waals surface area (Å²) in [4.78, 5) is 30.9. The van der Waals surface area contributed by atoms with Crippen molar-refractivity contribution in [1.29, 1.82) is 0 Å². The van der Waals surface area contributed by atoms with Gasteiger partial charge in [-0.25, -0.2) is 0 Å². The molecule has 1 saturated carbocycles. The van der Waals surface area contributed by atoms with E-state index in [2.05, 4.69) is 10.3 Å². The Hall–Kier alpha value is -3.09. The van der Waals surface area contributed by atoms with E-state index in [0.717, 1.165) is 24.0 Å². The number of nitrogens with zero attached hydrogens (tertiary/aromatic N) is 2. The zero-order chi connectivity index (χ0) is 21.6. The van der Waals surface area contributed by atoms with E-state index in [-0.39, 0.29) is 17.7 Å². The largest absolute Gasteiger partial charge is 0.493 e. The molecule has 7 heteroatoms. The van der Waals surface area contributed by atoms with Gasteiger partial charge < -0.3 is 19.7 Å². The molecule has 1 atom stereocenters. The minimum absolute atomic E-state index is 0.0640. The van der Waals surface area contributed by atoms with Crippen molar-refractivity contribution in [3.63, 3.8) is 0 Å². The molecule has 2 aliphatic rings. The van der Waals surface area contributed by atoms with Gasteiger partial charge in [-0.05, 0) is 48.2 Å². The van der Waals surface area contributed by atoms with Crippen LogP contribution in [0, 0.1) is 5.92 Å². The molecule has 0 spiro atoms. The molecule has 1 saturated heterocycles. The maximum absolute atomic E-state index is 12.7. The van der Waals surface area contributed by atoms with Gasteiger partial charge in [-0.2, -0.15) is 0 Å². The number of methoxy groups -OCH3 is 1. The van der Waals surface area contributed by atoms with Gasteiger partial charge in [0.15, 0.2) is 11.5 Å². The van der Waals surface area contributed by atoms with Crippen LogP contribution in [0.5, 0.6) is 11.5 Å². The van der Waals surface area contributed by atoms with Crippen molar-refractivity contribution in [3.05, 3.63) is 53.9 Å². The lowest BCUT2D eigenvalue weighted by molar-refractivity contribution is -0.130. The first-order valence-corrected chi connectivity index (χ1v) is 10.9. The second-order valence-corrected chi connectivity index (χ2v) is 8.23. The van der Waals surface area contributed by atoms with E-state index < -0.39 is 0 Å². The number of likely N-dealkylation sites (tertiary alicyclic amines) is 1. The van der Waals surface area contributed by atoms with Gasteiger partial charge >= 0.3 is 0 Å². The minimum atomic E-state index is -0.266. The Balaban J connectivity index is 1.31. The Labute approximate surface area is 182 Å². The molecule has 1 aliphatic carbocycles. The highest BCUT2D eigenvalue weighted by Crippen LogP contribution is 2.30. The average Bonchev–Trinajstić information content (AvgIpc) is 3.46. The van der Waals surface area contributed by atoms with Crippen molar-refractivity contribution in [1.82, 2.24) is 15.2 Å². The summed E-state index contributed by atoms with van der Waals surface area (Å²) in [5.41, 5.74) is 1.93. The predicted molar refractivity (Wildman–Crippen MR) is 115 cm³/mol. The number of carbonyl (C=O) groups excluding carboxylic acids is 2. The summed E-state index contributed by atoms with van der Waals surface area (Å²) in [7, 11) is 1.60. The van der Waals surface area contributed by atoms with Gasteiger partial charge in [0, 0.05) is 37.9 Å². The number of hydrogen-bond acceptors (Lipinski definition) is 5. The first kappa shape index (κ1) is 21.2. The van der Waals surface area contributed by atoms with Crippen LogP contribution in [0.15, 0.2) is 42.7 Å². The maximum atomic E-state index is 12.7. The van der Waals surface area contributed by atoms with Crippen LogP contribution in [0.25, 0.3) is 0 Å².